The maximum absolute atomic E-state index is 12.2. The van der Waals surface area contributed by atoms with E-state index in [1.807, 2.05) is 30.3 Å². The highest BCUT2D eigenvalue weighted by molar-refractivity contribution is 6.30. The van der Waals surface area contributed by atoms with Crippen molar-refractivity contribution < 1.29 is 18.8 Å². The molecule has 4 rings (SSSR count). The summed E-state index contributed by atoms with van der Waals surface area (Å²) < 4.78 is 16.5. The molecule has 1 amide bonds. The molecule has 0 aliphatic heterocycles. The number of carbonyl (C=O) groups excluding carboxylic acids is 1. The zero-order valence-electron chi connectivity index (χ0n) is 16.5. The van der Waals surface area contributed by atoms with Crippen LogP contribution in [0.25, 0.3) is 22.8 Å². The molecule has 0 unspecified atom stereocenters. The minimum Gasteiger partial charge on any atom is -0.496 e. The van der Waals surface area contributed by atoms with Crippen LogP contribution in [0.5, 0.6) is 11.5 Å². The summed E-state index contributed by atoms with van der Waals surface area (Å²) in [6.07, 6.45) is 0. The van der Waals surface area contributed by atoms with Gasteiger partial charge in [-0.1, -0.05) is 41.0 Å². The van der Waals surface area contributed by atoms with Gasteiger partial charge in [-0.25, -0.2) is 0 Å². The number of methoxy groups -OCH3 is 1. The van der Waals surface area contributed by atoms with Crippen molar-refractivity contribution in [3.63, 3.8) is 0 Å². The molecule has 0 saturated heterocycles. The summed E-state index contributed by atoms with van der Waals surface area (Å²) in [5.74, 6) is 1.44. The summed E-state index contributed by atoms with van der Waals surface area (Å²) in [6, 6.07) is 21.4. The first-order valence-corrected chi connectivity index (χ1v) is 9.76. The lowest BCUT2D eigenvalue weighted by atomic mass is 10.2. The summed E-state index contributed by atoms with van der Waals surface area (Å²) in [6.45, 7) is -0.184. The van der Waals surface area contributed by atoms with E-state index in [2.05, 4.69) is 15.5 Å². The summed E-state index contributed by atoms with van der Waals surface area (Å²) in [5, 5.41) is 7.41. The van der Waals surface area contributed by atoms with E-state index in [-0.39, 0.29) is 12.5 Å². The molecule has 0 atom stereocenters. The normalized spacial score (nSPS) is 10.5. The van der Waals surface area contributed by atoms with E-state index in [0.29, 0.717) is 45.1 Å². The van der Waals surface area contributed by atoms with Crippen molar-refractivity contribution in [2.45, 2.75) is 0 Å². The van der Waals surface area contributed by atoms with E-state index in [9.17, 15) is 4.79 Å². The minimum absolute atomic E-state index is 0.184. The molecule has 1 N–H and O–H groups in total. The highest BCUT2D eigenvalue weighted by atomic mass is 35.5. The molecule has 0 aliphatic carbocycles. The number of aromatic nitrogens is 2. The van der Waals surface area contributed by atoms with Gasteiger partial charge >= 0.3 is 0 Å². The number of ether oxygens (including phenoxy) is 2. The zero-order chi connectivity index (χ0) is 21.6. The minimum atomic E-state index is -0.306. The Morgan fingerprint density at radius 3 is 2.39 bits per heavy atom. The third-order valence-electron chi connectivity index (χ3n) is 4.38. The Hall–Kier alpha value is -3.84. The van der Waals surface area contributed by atoms with Crippen LogP contribution in [0.1, 0.15) is 0 Å². The standard InChI is InChI=1S/C23H18ClN3O4/c1-29-19-8-4-3-7-18(19)23-26-22(27-31-23)17-6-2-5-9-20(17)30-14-21(28)25-16-12-10-15(24)11-13-16/h2-13H,14H2,1H3,(H,25,28). The first kappa shape index (κ1) is 20.4. The number of rotatable bonds is 7. The highest BCUT2D eigenvalue weighted by Gasteiger charge is 2.17. The molecule has 1 aromatic heterocycles. The summed E-state index contributed by atoms with van der Waals surface area (Å²) >= 11 is 5.86. The van der Waals surface area contributed by atoms with E-state index in [0.717, 1.165) is 0 Å². The van der Waals surface area contributed by atoms with Crippen LogP contribution in [0.4, 0.5) is 5.69 Å². The molecule has 156 valence electrons. The number of para-hydroxylation sites is 2. The Morgan fingerprint density at radius 2 is 1.65 bits per heavy atom. The third-order valence-corrected chi connectivity index (χ3v) is 4.63. The first-order valence-electron chi connectivity index (χ1n) is 9.39. The van der Waals surface area contributed by atoms with Crippen LogP contribution in [-0.4, -0.2) is 29.8 Å². The number of hydrogen-bond acceptors (Lipinski definition) is 6. The highest BCUT2D eigenvalue weighted by Crippen LogP contribution is 2.32. The van der Waals surface area contributed by atoms with E-state index < -0.39 is 0 Å². The Bertz CT molecular complexity index is 1190. The van der Waals surface area contributed by atoms with Crippen molar-refractivity contribution in [2.75, 3.05) is 19.0 Å². The quantitative estimate of drug-likeness (QED) is 0.435. The van der Waals surface area contributed by atoms with Gasteiger partial charge in [0, 0.05) is 10.7 Å². The van der Waals surface area contributed by atoms with E-state index in [1.54, 1.807) is 49.6 Å². The Balaban J connectivity index is 1.49. The molecule has 0 spiro atoms. The SMILES string of the molecule is COc1ccccc1-c1nc(-c2ccccc2OCC(=O)Nc2ccc(Cl)cc2)no1. The van der Waals surface area contributed by atoms with Crippen molar-refractivity contribution in [3.05, 3.63) is 77.8 Å². The van der Waals surface area contributed by atoms with Gasteiger partial charge in [0.05, 0.1) is 18.2 Å². The molecule has 0 aliphatic rings. The predicted octanol–water partition coefficient (Wildman–Crippen LogP) is 5.08. The van der Waals surface area contributed by atoms with Gasteiger partial charge in [-0.05, 0) is 48.5 Å². The summed E-state index contributed by atoms with van der Waals surface area (Å²) in [7, 11) is 1.58. The number of anilines is 1. The predicted molar refractivity (Wildman–Crippen MR) is 117 cm³/mol. The van der Waals surface area contributed by atoms with Crippen molar-refractivity contribution in [1.82, 2.24) is 10.1 Å². The number of carbonyl (C=O) groups is 1. The number of benzene rings is 3. The second-order valence-electron chi connectivity index (χ2n) is 6.46. The number of nitrogens with zero attached hydrogens (tertiary/aromatic N) is 2. The van der Waals surface area contributed by atoms with Crippen LogP contribution >= 0.6 is 11.6 Å². The lowest BCUT2D eigenvalue weighted by Gasteiger charge is -2.10. The van der Waals surface area contributed by atoms with Crippen molar-refractivity contribution in [3.8, 4) is 34.3 Å². The van der Waals surface area contributed by atoms with Gasteiger partial charge < -0.3 is 19.3 Å². The van der Waals surface area contributed by atoms with Crippen LogP contribution < -0.4 is 14.8 Å². The number of hydrogen-bond donors (Lipinski definition) is 1. The lowest BCUT2D eigenvalue weighted by molar-refractivity contribution is -0.118. The Morgan fingerprint density at radius 1 is 0.968 bits per heavy atom. The Kier molecular flexibility index (Phi) is 6.14. The lowest BCUT2D eigenvalue weighted by Crippen LogP contribution is -2.20. The average molecular weight is 436 g/mol. The number of nitrogens with one attached hydrogen (secondary N) is 1. The van der Waals surface area contributed by atoms with Gasteiger partial charge in [-0.15, -0.1) is 0 Å². The molecular formula is C23H18ClN3O4. The van der Waals surface area contributed by atoms with Crippen molar-refractivity contribution >= 4 is 23.2 Å². The molecule has 3 aromatic carbocycles. The smallest absolute Gasteiger partial charge is 0.262 e. The number of amides is 1. The van der Waals surface area contributed by atoms with Crippen LogP contribution in [0.15, 0.2) is 77.3 Å². The molecule has 31 heavy (non-hydrogen) atoms. The monoisotopic (exact) mass is 435 g/mol. The van der Waals surface area contributed by atoms with E-state index in [1.165, 1.54) is 0 Å². The summed E-state index contributed by atoms with van der Waals surface area (Å²) in [5.41, 5.74) is 1.92. The Labute approximate surface area is 183 Å². The second-order valence-corrected chi connectivity index (χ2v) is 6.90. The largest absolute Gasteiger partial charge is 0.496 e. The first-order chi connectivity index (χ1) is 15.1. The fourth-order valence-corrected chi connectivity index (χ4v) is 3.04. The zero-order valence-corrected chi connectivity index (χ0v) is 17.3. The number of halogens is 1. The molecular weight excluding hydrogens is 418 g/mol. The maximum atomic E-state index is 12.2. The van der Waals surface area contributed by atoms with Crippen LogP contribution in [0.2, 0.25) is 5.02 Å². The van der Waals surface area contributed by atoms with Gasteiger partial charge in [0.2, 0.25) is 5.82 Å². The fraction of sp³-hybridized carbons (Fsp3) is 0.0870. The molecule has 4 aromatic rings. The van der Waals surface area contributed by atoms with Crippen LogP contribution in [0.3, 0.4) is 0 Å². The van der Waals surface area contributed by atoms with Crippen LogP contribution in [-0.2, 0) is 4.79 Å². The molecule has 1 heterocycles. The van der Waals surface area contributed by atoms with E-state index in [4.69, 9.17) is 25.6 Å². The van der Waals surface area contributed by atoms with Gasteiger partial charge in [-0.3, -0.25) is 4.79 Å². The molecule has 0 bridgehead atoms. The molecule has 0 fully saturated rings. The van der Waals surface area contributed by atoms with Crippen molar-refractivity contribution in [1.29, 1.82) is 0 Å². The molecule has 0 saturated carbocycles. The fourth-order valence-electron chi connectivity index (χ4n) is 2.91. The average Bonchev–Trinajstić information content (AvgIpc) is 3.29. The maximum Gasteiger partial charge on any atom is 0.262 e. The topological polar surface area (TPSA) is 86.5 Å². The van der Waals surface area contributed by atoms with Crippen LogP contribution in [0, 0.1) is 0 Å². The summed E-state index contributed by atoms with van der Waals surface area (Å²) in [4.78, 5) is 16.7. The molecule has 0 radical (unpaired) electrons. The molecule has 7 nitrogen and oxygen atoms in total. The van der Waals surface area contributed by atoms with Gasteiger partial charge in [0.1, 0.15) is 11.5 Å². The third kappa shape index (κ3) is 4.84. The molecule has 8 heteroatoms. The van der Waals surface area contributed by atoms with Gasteiger partial charge in [0.15, 0.2) is 6.61 Å². The van der Waals surface area contributed by atoms with E-state index >= 15 is 0 Å². The van der Waals surface area contributed by atoms with Gasteiger partial charge in [0.25, 0.3) is 11.8 Å². The second kappa shape index (κ2) is 9.32. The van der Waals surface area contributed by atoms with Gasteiger partial charge in [-0.2, -0.15) is 4.98 Å². The van der Waals surface area contributed by atoms with Crippen molar-refractivity contribution in [2.24, 2.45) is 0 Å².